The summed E-state index contributed by atoms with van der Waals surface area (Å²) in [5.74, 6) is 1.88. The molecule has 1 saturated carbocycles. The molecule has 0 spiro atoms. The van der Waals surface area contributed by atoms with E-state index in [0.29, 0.717) is 6.04 Å². The topological polar surface area (TPSA) is 61.3 Å². The summed E-state index contributed by atoms with van der Waals surface area (Å²) in [5, 5.41) is 10.0. The van der Waals surface area contributed by atoms with Gasteiger partial charge in [0.1, 0.15) is 5.82 Å². The van der Waals surface area contributed by atoms with Gasteiger partial charge in [-0.1, -0.05) is 6.07 Å². The summed E-state index contributed by atoms with van der Waals surface area (Å²) in [5.41, 5.74) is 0. The normalized spacial score (nSPS) is 15.1. The number of rotatable bonds is 7. The lowest BCUT2D eigenvalue weighted by atomic mass is 10.3. The van der Waals surface area contributed by atoms with E-state index in [1.54, 1.807) is 6.20 Å². The van der Waals surface area contributed by atoms with Gasteiger partial charge in [-0.25, -0.2) is 4.98 Å². The predicted molar refractivity (Wildman–Crippen MR) is 79.5 cm³/mol. The zero-order valence-corrected chi connectivity index (χ0v) is 11.5. The van der Waals surface area contributed by atoms with E-state index in [9.17, 15) is 0 Å². The lowest BCUT2D eigenvalue weighted by Crippen LogP contribution is -2.39. The fraction of sp³-hybridized carbons (Fsp3) is 0.571. The van der Waals surface area contributed by atoms with Gasteiger partial charge in [-0.2, -0.15) is 0 Å². The van der Waals surface area contributed by atoms with E-state index in [0.717, 1.165) is 37.7 Å². The molecule has 2 rings (SSSR count). The summed E-state index contributed by atoms with van der Waals surface area (Å²) in [6.45, 7) is 1.91. The van der Waals surface area contributed by atoms with Crippen LogP contribution in [0.4, 0.5) is 5.82 Å². The first kappa shape index (κ1) is 13.6. The van der Waals surface area contributed by atoms with Crippen LogP contribution < -0.4 is 16.0 Å². The number of nitrogens with zero attached hydrogens (tertiary/aromatic N) is 2. The van der Waals surface area contributed by atoms with Gasteiger partial charge < -0.3 is 16.0 Å². The molecule has 0 bridgehead atoms. The van der Waals surface area contributed by atoms with Crippen molar-refractivity contribution >= 4 is 11.8 Å². The molecule has 104 valence electrons. The van der Waals surface area contributed by atoms with Gasteiger partial charge in [0.2, 0.25) is 0 Å². The molecule has 5 nitrogen and oxygen atoms in total. The van der Waals surface area contributed by atoms with E-state index < -0.39 is 0 Å². The van der Waals surface area contributed by atoms with Gasteiger partial charge in [0.25, 0.3) is 0 Å². The third-order valence-corrected chi connectivity index (χ3v) is 3.01. The van der Waals surface area contributed by atoms with Crippen molar-refractivity contribution in [3.63, 3.8) is 0 Å². The maximum atomic E-state index is 4.22. The van der Waals surface area contributed by atoms with Gasteiger partial charge in [0, 0.05) is 32.4 Å². The van der Waals surface area contributed by atoms with Gasteiger partial charge in [-0.3, -0.25) is 4.99 Å². The third-order valence-electron chi connectivity index (χ3n) is 3.01. The van der Waals surface area contributed by atoms with E-state index in [1.807, 2.05) is 25.2 Å². The second-order valence-electron chi connectivity index (χ2n) is 4.77. The lowest BCUT2D eigenvalue weighted by molar-refractivity contribution is 0.710. The van der Waals surface area contributed by atoms with E-state index in [4.69, 9.17) is 0 Å². The van der Waals surface area contributed by atoms with Crippen molar-refractivity contribution in [2.45, 2.75) is 31.7 Å². The Kier molecular flexibility index (Phi) is 5.47. The molecule has 0 aliphatic heterocycles. The Morgan fingerprint density at radius 3 is 2.84 bits per heavy atom. The van der Waals surface area contributed by atoms with Gasteiger partial charge in [-0.05, 0) is 37.8 Å². The number of pyridine rings is 1. The maximum Gasteiger partial charge on any atom is 0.191 e. The van der Waals surface area contributed by atoms with E-state index in [1.165, 1.54) is 12.8 Å². The molecular weight excluding hydrogens is 238 g/mol. The van der Waals surface area contributed by atoms with Gasteiger partial charge in [0.05, 0.1) is 0 Å². The summed E-state index contributed by atoms with van der Waals surface area (Å²) in [6.07, 6.45) is 6.58. The maximum absolute atomic E-state index is 4.22. The molecule has 0 aromatic carbocycles. The summed E-state index contributed by atoms with van der Waals surface area (Å²) >= 11 is 0. The first-order chi connectivity index (χ1) is 9.38. The number of nitrogens with one attached hydrogen (secondary N) is 3. The van der Waals surface area contributed by atoms with Crippen molar-refractivity contribution in [1.82, 2.24) is 15.6 Å². The zero-order chi connectivity index (χ0) is 13.3. The lowest BCUT2D eigenvalue weighted by Gasteiger charge is -2.11. The largest absolute Gasteiger partial charge is 0.370 e. The van der Waals surface area contributed by atoms with Crippen molar-refractivity contribution in [2.75, 3.05) is 25.5 Å². The number of aliphatic imine (C=N–C) groups is 1. The van der Waals surface area contributed by atoms with Gasteiger partial charge in [-0.15, -0.1) is 0 Å². The number of unbranched alkanes of at least 4 members (excludes halogenated alkanes) is 1. The van der Waals surface area contributed by atoms with Crippen LogP contribution in [0.2, 0.25) is 0 Å². The van der Waals surface area contributed by atoms with Crippen LogP contribution in [0, 0.1) is 0 Å². The fourth-order valence-corrected chi connectivity index (χ4v) is 1.76. The second kappa shape index (κ2) is 7.61. The smallest absolute Gasteiger partial charge is 0.191 e. The van der Waals surface area contributed by atoms with E-state index in [-0.39, 0.29) is 0 Å². The van der Waals surface area contributed by atoms with Crippen LogP contribution in [0.1, 0.15) is 25.7 Å². The summed E-state index contributed by atoms with van der Waals surface area (Å²) in [6, 6.07) is 6.55. The average Bonchev–Trinajstić information content (AvgIpc) is 3.26. The van der Waals surface area contributed by atoms with Gasteiger partial charge >= 0.3 is 0 Å². The third kappa shape index (κ3) is 5.59. The van der Waals surface area contributed by atoms with Crippen molar-refractivity contribution in [3.8, 4) is 0 Å². The minimum absolute atomic E-state index is 0.650. The van der Waals surface area contributed by atoms with Crippen molar-refractivity contribution in [1.29, 1.82) is 0 Å². The molecule has 1 aliphatic carbocycles. The minimum atomic E-state index is 0.650. The highest BCUT2D eigenvalue weighted by molar-refractivity contribution is 5.80. The molecule has 3 N–H and O–H groups in total. The monoisotopic (exact) mass is 261 g/mol. The van der Waals surface area contributed by atoms with E-state index >= 15 is 0 Å². The van der Waals surface area contributed by atoms with Crippen LogP contribution in [0.15, 0.2) is 29.4 Å². The Morgan fingerprint density at radius 2 is 2.16 bits per heavy atom. The Balaban J connectivity index is 1.49. The zero-order valence-electron chi connectivity index (χ0n) is 11.5. The number of anilines is 1. The molecule has 0 saturated heterocycles. The molecule has 1 aromatic rings. The highest BCUT2D eigenvalue weighted by Gasteiger charge is 2.21. The van der Waals surface area contributed by atoms with E-state index in [2.05, 4.69) is 25.9 Å². The molecule has 0 amide bonds. The molecule has 5 heteroatoms. The molecule has 19 heavy (non-hydrogen) atoms. The second-order valence-corrected chi connectivity index (χ2v) is 4.77. The Labute approximate surface area is 114 Å². The van der Waals surface area contributed by atoms with Crippen LogP contribution in [-0.4, -0.2) is 37.1 Å². The Morgan fingerprint density at radius 1 is 1.32 bits per heavy atom. The van der Waals surface area contributed by atoms with Crippen LogP contribution in [0.3, 0.4) is 0 Å². The van der Waals surface area contributed by atoms with Crippen molar-refractivity contribution < 1.29 is 0 Å². The molecule has 1 aromatic heterocycles. The van der Waals surface area contributed by atoms with Crippen LogP contribution in [0.5, 0.6) is 0 Å². The molecule has 1 fully saturated rings. The first-order valence-electron chi connectivity index (χ1n) is 7.00. The Bertz CT molecular complexity index is 386. The predicted octanol–water partition coefficient (Wildman–Crippen LogP) is 1.60. The highest BCUT2D eigenvalue weighted by Crippen LogP contribution is 2.18. The number of hydrogen-bond donors (Lipinski definition) is 3. The standard InChI is InChI=1S/C14H23N5/c1-15-14(19-12-7-8-12)18-11-5-4-10-17-13-6-2-3-9-16-13/h2-3,6,9,12H,4-5,7-8,10-11H2,1H3,(H,16,17)(H2,15,18,19). The van der Waals surface area contributed by atoms with Crippen LogP contribution in [-0.2, 0) is 0 Å². The SMILES string of the molecule is CN=C(NCCCCNc1ccccn1)NC1CC1. The number of hydrogen-bond acceptors (Lipinski definition) is 3. The number of guanidine groups is 1. The van der Waals surface area contributed by atoms with Crippen LogP contribution >= 0.6 is 0 Å². The van der Waals surface area contributed by atoms with Crippen molar-refractivity contribution in [3.05, 3.63) is 24.4 Å². The quantitative estimate of drug-likeness (QED) is 0.396. The number of aromatic nitrogens is 1. The summed E-state index contributed by atoms with van der Waals surface area (Å²) in [7, 11) is 1.82. The van der Waals surface area contributed by atoms with Gasteiger partial charge in [0.15, 0.2) is 5.96 Å². The first-order valence-corrected chi connectivity index (χ1v) is 7.00. The fourth-order valence-electron chi connectivity index (χ4n) is 1.76. The molecule has 0 unspecified atom stereocenters. The Hall–Kier alpha value is -1.78. The molecule has 1 aliphatic rings. The molecule has 1 heterocycles. The molecule has 0 atom stereocenters. The minimum Gasteiger partial charge on any atom is -0.370 e. The van der Waals surface area contributed by atoms with Crippen LogP contribution in [0.25, 0.3) is 0 Å². The summed E-state index contributed by atoms with van der Waals surface area (Å²) < 4.78 is 0. The molecule has 0 radical (unpaired) electrons. The highest BCUT2D eigenvalue weighted by atomic mass is 15.2. The van der Waals surface area contributed by atoms with Crippen molar-refractivity contribution in [2.24, 2.45) is 4.99 Å². The molecular formula is C14H23N5. The average molecular weight is 261 g/mol. The summed E-state index contributed by atoms with van der Waals surface area (Å²) in [4.78, 5) is 8.42.